The molecule has 20 heavy (non-hydrogen) atoms. The van der Waals surface area contributed by atoms with E-state index in [0.29, 0.717) is 0 Å². The Balaban J connectivity index is 2.42. The fourth-order valence-corrected chi connectivity index (χ4v) is 13.8. The van der Waals surface area contributed by atoms with Gasteiger partial charge in [0.15, 0.2) is 0 Å². The Kier molecular flexibility index (Phi) is 5.49. The fraction of sp³-hybridized carbons (Fsp3) is 0.250. The third-order valence-corrected chi connectivity index (χ3v) is 14.3. The van der Waals surface area contributed by atoms with Gasteiger partial charge in [-0.1, -0.05) is 83.9 Å². The van der Waals surface area contributed by atoms with Gasteiger partial charge in [-0.3, -0.25) is 0 Å². The molecular weight excluding hydrogens is 318 g/mol. The van der Waals surface area contributed by atoms with Crippen LogP contribution in [0, 0.1) is 0 Å². The molecule has 0 aliphatic heterocycles. The summed E-state index contributed by atoms with van der Waals surface area (Å²) in [4.78, 5) is 0. The van der Waals surface area contributed by atoms with E-state index in [4.69, 9.17) is 11.8 Å². The van der Waals surface area contributed by atoms with E-state index in [1.165, 1.54) is 16.1 Å². The summed E-state index contributed by atoms with van der Waals surface area (Å²) < 4.78 is 0. The van der Waals surface area contributed by atoms with Crippen LogP contribution in [-0.2, 0) is 11.8 Å². The van der Waals surface area contributed by atoms with Crippen molar-refractivity contribution in [3.63, 3.8) is 0 Å². The summed E-state index contributed by atoms with van der Waals surface area (Å²) >= 11 is 8.21. The fourth-order valence-electron chi connectivity index (χ4n) is 1.80. The van der Waals surface area contributed by atoms with Crippen LogP contribution >= 0.6 is 23.9 Å². The molecule has 2 aromatic rings. The van der Waals surface area contributed by atoms with Gasteiger partial charge in [0.05, 0.1) is 5.24 Å². The van der Waals surface area contributed by atoms with Gasteiger partial charge in [-0.25, -0.2) is 0 Å². The largest absolute Gasteiger partial charge is 0.109 e. The minimum absolute atomic E-state index is 0.829. The molecule has 4 heteroatoms. The Morgan fingerprint density at radius 1 is 0.850 bits per heavy atom. The summed E-state index contributed by atoms with van der Waals surface area (Å²) in [5.74, 6) is 0. The quantitative estimate of drug-likeness (QED) is 0.729. The van der Waals surface area contributed by atoms with Gasteiger partial charge in [0.25, 0.3) is 0 Å². The SMILES string of the molecule is C[P+](C)(C)CSP(=S)(c1ccccc1)c1ccccc1. The molecule has 0 heterocycles. The van der Waals surface area contributed by atoms with Crippen LogP contribution in [0.25, 0.3) is 0 Å². The van der Waals surface area contributed by atoms with Gasteiger partial charge in [0, 0.05) is 27.3 Å². The maximum absolute atomic E-state index is 6.19. The second kappa shape index (κ2) is 6.75. The van der Waals surface area contributed by atoms with Crippen LogP contribution in [0.1, 0.15) is 0 Å². The highest BCUT2D eigenvalue weighted by molar-refractivity contribution is 8.76. The predicted octanol–water partition coefficient (Wildman–Crippen LogP) is 4.63. The highest BCUT2D eigenvalue weighted by Gasteiger charge is 2.28. The molecule has 0 radical (unpaired) electrons. The zero-order valence-corrected chi connectivity index (χ0v) is 15.6. The lowest BCUT2D eigenvalue weighted by Crippen LogP contribution is -2.13. The van der Waals surface area contributed by atoms with E-state index in [1.807, 2.05) is 11.4 Å². The average molecular weight is 339 g/mol. The molecule has 0 fully saturated rings. The monoisotopic (exact) mass is 339 g/mol. The lowest BCUT2D eigenvalue weighted by Gasteiger charge is -2.24. The number of hydrogen-bond acceptors (Lipinski definition) is 2. The lowest BCUT2D eigenvalue weighted by molar-refractivity contribution is 1.76. The van der Waals surface area contributed by atoms with Crippen LogP contribution in [0.15, 0.2) is 60.7 Å². The van der Waals surface area contributed by atoms with E-state index < -0.39 is 12.5 Å². The first kappa shape index (κ1) is 16.2. The van der Waals surface area contributed by atoms with Crippen LogP contribution in [0.2, 0.25) is 0 Å². The van der Waals surface area contributed by atoms with Gasteiger partial charge in [-0.15, -0.1) is 0 Å². The van der Waals surface area contributed by atoms with Gasteiger partial charge < -0.3 is 0 Å². The first-order valence-corrected chi connectivity index (χ1v) is 14.3. The highest BCUT2D eigenvalue weighted by Crippen LogP contribution is 2.63. The Morgan fingerprint density at radius 3 is 1.60 bits per heavy atom. The van der Waals surface area contributed by atoms with Crippen LogP contribution in [0.4, 0.5) is 0 Å². The van der Waals surface area contributed by atoms with Crippen molar-refractivity contribution >= 4 is 46.3 Å². The zero-order chi connectivity index (χ0) is 14.6. The Morgan fingerprint density at radius 2 is 1.25 bits per heavy atom. The normalized spacial score (nSPS) is 12.3. The summed E-state index contributed by atoms with van der Waals surface area (Å²) in [5, 5.41) is 0.895. The van der Waals surface area contributed by atoms with Crippen molar-refractivity contribution in [2.45, 2.75) is 0 Å². The molecule has 0 nitrogen and oxygen atoms in total. The minimum Gasteiger partial charge on any atom is -0.0759 e. The summed E-state index contributed by atoms with van der Waals surface area (Å²) in [7, 11) is -0.829. The van der Waals surface area contributed by atoms with Gasteiger partial charge in [0.2, 0.25) is 0 Å². The van der Waals surface area contributed by atoms with Crippen LogP contribution in [0.3, 0.4) is 0 Å². The molecule has 106 valence electrons. The van der Waals surface area contributed by atoms with E-state index in [-0.39, 0.29) is 0 Å². The van der Waals surface area contributed by atoms with Crippen molar-refractivity contribution in [1.29, 1.82) is 0 Å². The van der Waals surface area contributed by atoms with Gasteiger partial charge >= 0.3 is 0 Å². The molecule has 0 aliphatic rings. The van der Waals surface area contributed by atoms with Gasteiger partial charge in [-0.2, -0.15) is 0 Å². The molecule has 0 N–H and O–H groups in total. The summed E-state index contributed by atoms with van der Waals surface area (Å²) in [6.45, 7) is 7.15. The first-order valence-electron chi connectivity index (χ1n) is 6.58. The predicted molar refractivity (Wildman–Crippen MR) is 104 cm³/mol. The third-order valence-electron chi connectivity index (χ3n) is 2.82. The van der Waals surface area contributed by atoms with Crippen LogP contribution in [-0.4, -0.2) is 25.5 Å². The van der Waals surface area contributed by atoms with E-state index >= 15 is 0 Å². The highest BCUT2D eigenvalue weighted by atomic mass is 32.9. The molecule has 0 unspecified atom stereocenters. The molecule has 0 saturated heterocycles. The van der Waals surface area contributed by atoms with Crippen molar-refractivity contribution in [2.75, 3.05) is 25.5 Å². The lowest BCUT2D eigenvalue weighted by atomic mass is 10.4. The molecule has 0 spiro atoms. The van der Waals surface area contributed by atoms with E-state index in [0.717, 1.165) is 0 Å². The molecule has 2 aromatic carbocycles. The number of hydrogen-bond donors (Lipinski definition) is 0. The summed E-state index contributed by atoms with van der Waals surface area (Å²) in [5.41, 5.74) is 1.19. The minimum atomic E-state index is -1.74. The number of benzene rings is 2. The molecule has 0 amide bonds. The molecular formula is C16H21P2S2+. The number of rotatable bonds is 5. The maximum Gasteiger partial charge on any atom is 0.109 e. The molecule has 0 aromatic heterocycles. The summed E-state index contributed by atoms with van der Waals surface area (Å²) in [6.07, 6.45) is 0. The van der Waals surface area contributed by atoms with Crippen LogP contribution in [0.5, 0.6) is 0 Å². The third kappa shape index (κ3) is 4.18. The van der Waals surface area contributed by atoms with E-state index in [1.54, 1.807) is 0 Å². The zero-order valence-electron chi connectivity index (χ0n) is 12.2. The van der Waals surface area contributed by atoms with Crippen molar-refractivity contribution in [3.8, 4) is 0 Å². The van der Waals surface area contributed by atoms with Crippen molar-refractivity contribution in [2.24, 2.45) is 0 Å². The maximum atomic E-state index is 6.19. The van der Waals surface area contributed by atoms with Crippen molar-refractivity contribution < 1.29 is 0 Å². The molecule has 2 rings (SSSR count). The van der Waals surface area contributed by atoms with Gasteiger partial charge in [0.1, 0.15) is 5.49 Å². The Hall–Kier alpha value is -0.130. The van der Waals surface area contributed by atoms with Crippen molar-refractivity contribution in [1.82, 2.24) is 0 Å². The smallest absolute Gasteiger partial charge is 0.0759 e. The van der Waals surface area contributed by atoms with Crippen molar-refractivity contribution in [3.05, 3.63) is 60.7 Å². The average Bonchev–Trinajstić information content (AvgIpc) is 2.46. The second-order valence-corrected chi connectivity index (χ2v) is 18.5. The topological polar surface area (TPSA) is 0 Å². The van der Waals surface area contributed by atoms with E-state index in [9.17, 15) is 0 Å². The van der Waals surface area contributed by atoms with Crippen LogP contribution < -0.4 is 10.6 Å². The summed E-state index contributed by atoms with van der Waals surface area (Å²) in [6, 6.07) is 21.3. The van der Waals surface area contributed by atoms with Gasteiger partial charge in [-0.05, 0) is 10.6 Å². The van der Waals surface area contributed by atoms with E-state index in [2.05, 4.69) is 80.7 Å². The Labute approximate surface area is 132 Å². The molecule has 0 aliphatic carbocycles. The molecule has 0 atom stereocenters. The Bertz CT molecular complexity index is 545. The second-order valence-electron chi connectivity index (χ2n) is 5.77. The standard InChI is InChI=1S/C16H21P2S2/c1-17(2,3)14-20-18(19,15-10-6-4-7-11-15)16-12-8-5-9-13-16/h4-13H,14H2,1-3H3/q+1. The first-order chi connectivity index (χ1) is 9.42. The molecule has 0 bridgehead atoms. The molecule has 0 saturated carbocycles.